The number of rotatable bonds is 4. The molecule has 2 fully saturated rings. The van der Waals surface area contributed by atoms with Crippen molar-refractivity contribution in [2.75, 3.05) is 7.05 Å². The van der Waals surface area contributed by atoms with Gasteiger partial charge in [0.05, 0.1) is 6.54 Å². The number of nitrogens with two attached hydrogens (primary N) is 1. The first kappa shape index (κ1) is 21.7. The minimum Gasteiger partial charge on any atom is -0.339 e. The second-order valence-corrected chi connectivity index (χ2v) is 8.16. The van der Waals surface area contributed by atoms with Gasteiger partial charge in [-0.25, -0.2) is 4.98 Å². The lowest BCUT2D eigenvalue weighted by Gasteiger charge is -2.44. The van der Waals surface area contributed by atoms with E-state index in [1.54, 1.807) is 11.3 Å². The Morgan fingerprint density at radius 3 is 2.50 bits per heavy atom. The fraction of sp³-hybridized carbons (Fsp3) is 0.765. The SMILES string of the molecule is CCc1cnc(CN(C)C(=O)C2CC3CCCC(C2)C3N)s1.Cl.Cl. The summed E-state index contributed by atoms with van der Waals surface area (Å²) >= 11 is 1.72. The van der Waals surface area contributed by atoms with Crippen LogP contribution in [0.4, 0.5) is 0 Å². The molecule has 0 aliphatic heterocycles. The van der Waals surface area contributed by atoms with Crippen LogP contribution < -0.4 is 5.73 Å². The third kappa shape index (κ3) is 4.63. The Morgan fingerprint density at radius 2 is 1.96 bits per heavy atom. The van der Waals surface area contributed by atoms with Crippen molar-refractivity contribution in [1.29, 1.82) is 0 Å². The first-order chi connectivity index (χ1) is 10.6. The van der Waals surface area contributed by atoms with E-state index in [0.717, 1.165) is 24.3 Å². The van der Waals surface area contributed by atoms with Crippen molar-refractivity contribution in [2.45, 2.75) is 58.0 Å². The van der Waals surface area contributed by atoms with E-state index in [-0.39, 0.29) is 36.6 Å². The van der Waals surface area contributed by atoms with Crippen LogP contribution in [-0.2, 0) is 17.8 Å². The maximum absolute atomic E-state index is 12.8. The van der Waals surface area contributed by atoms with Crippen LogP contribution in [0.3, 0.4) is 0 Å². The van der Waals surface area contributed by atoms with Gasteiger partial charge in [-0.05, 0) is 43.9 Å². The minimum atomic E-state index is 0. The first-order valence-electron chi connectivity index (χ1n) is 8.52. The minimum absolute atomic E-state index is 0. The van der Waals surface area contributed by atoms with Gasteiger partial charge in [0.15, 0.2) is 0 Å². The zero-order valence-corrected chi connectivity index (χ0v) is 16.9. The molecule has 2 bridgehead atoms. The lowest BCUT2D eigenvalue weighted by Crippen LogP contribution is -2.49. The van der Waals surface area contributed by atoms with Crippen LogP contribution in [0.5, 0.6) is 0 Å². The summed E-state index contributed by atoms with van der Waals surface area (Å²) in [5, 5.41) is 1.04. The summed E-state index contributed by atoms with van der Waals surface area (Å²) in [6.45, 7) is 2.78. The quantitative estimate of drug-likeness (QED) is 0.848. The predicted molar refractivity (Wildman–Crippen MR) is 104 cm³/mol. The number of carbonyl (C=O) groups is 1. The molecule has 1 aromatic rings. The molecule has 138 valence electrons. The molecule has 1 amide bonds. The number of hydrogen-bond donors (Lipinski definition) is 1. The zero-order valence-electron chi connectivity index (χ0n) is 14.4. The Kier molecular flexibility index (Phi) is 8.46. The van der Waals surface area contributed by atoms with Crippen molar-refractivity contribution in [2.24, 2.45) is 23.5 Å². The molecule has 4 nitrogen and oxygen atoms in total. The highest BCUT2D eigenvalue weighted by molar-refractivity contribution is 7.11. The molecule has 24 heavy (non-hydrogen) atoms. The average molecular weight is 394 g/mol. The fourth-order valence-corrected chi connectivity index (χ4v) is 5.08. The van der Waals surface area contributed by atoms with E-state index in [0.29, 0.717) is 24.4 Å². The highest BCUT2D eigenvalue weighted by atomic mass is 35.5. The Hall–Kier alpha value is -0.360. The number of amides is 1. The van der Waals surface area contributed by atoms with Crippen LogP contribution in [0.25, 0.3) is 0 Å². The molecule has 1 heterocycles. The molecule has 0 aromatic carbocycles. The van der Waals surface area contributed by atoms with Gasteiger partial charge < -0.3 is 10.6 Å². The number of aromatic nitrogens is 1. The van der Waals surface area contributed by atoms with Gasteiger partial charge in [0, 0.05) is 30.1 Å². The summed E-state index contributed by atoms with van der Waals surface area (Å²) in [4.78, 5) is 20.4. The number of nitrogens with zero attached hydrogens (tertiary/aromatic N) is 2. The molecule has 0 radical (unpaired) electrons. The number of carbonyl (C=O) groups excluding carboxylic acids is 1. The number of hydrogen-bond acceptors (Lipinski definition) is 4. The summed E-state index contributed by atoms with van der Waals surface area (Å²) in [6.07, 6.45) is 8.62. The molecule has 2 aliphatic carbocycles. The van der Waals surface area contributed by atoms with Crippen LogP contribution >= 0.6 is 36.2 Å². The number of thiazole rings is 1. The summed E-state index contributed by atoms with van der Waals surface area (Å²) in [6, 6.07) is 0.328. The number of aryl methyl sites for hydroxylation is 1. The highest BCUT2D eigenvalue weighted by Crippen LogP contribution is 2.42. The summed E-state index contributed by atoms with van der Waals surface area (Å²) in [5.74, 6) is 1.57. The highest BCUT2D eigenvalue weighted by Gasteiger charge is 2.41. The topological polar surface area (TPSA) is 59.2 Å². The van der Waals surface area contributed by atoms with E-state index in [1.165, 1.54) is 24.1 Å². The monoisotopic (exact) mass is 393 g/mol. The van der Waals surface area contributed by atoms with Crippen LogP contribution in [0.1, 0.15) is 48.9 Å². The van der Waals surface area contributed by atoms with E-state index < -0.39 is 0 Å². The van der Waals surface area contributed by atoms with Crippen molar-refractivity contribution in [3.05, 3.63) is 16.1 Å². The van der Waals surface area contributed by atoms with Gasteiger partial charge in [-0.1, -0.05) is 13.3 Å². The van der Waals surface area contributed by atoms with Crippen molar-refractivity contribution in [3.8, 4) is 0 Å². The van der Waals surface area contributed by atoms with Gasteiger partial charge in [-0.2, -0.15) is 0 Å². The van der Waals surface area contributed by atoms with Crippen LogP contribution in [0, 0.1) is 17.8 Å². The lowest BCUT2D eigenvalue weighted by atomic mass is 9.65. The maximum Gasteiger partial charge on any atom is 0.225 e. The maximum atomic E-state index is 12.8. The van der Waals surface area contributed by atoms with E-state index in [4.69, 9.17) is 5.73 Å². The molecular formula is C17H29Cl2N3OS. The van der Waals surface area contributed by atoms with Gasteiger partial charge in [0.25, 0.3) is 0 Å². The fourth-order valence-electron chi connectivity index (χ4n) is 4.17. The van der Waals surface area contributed by atoms with Crippen molar-refractivity contribution in [3.63, 3.8) is 0 Å². The Labute approximate surface area is 161 Å². The molecule has 2 unspecified atom stereocenters. The summed E-state index contributed by atoms with van der Waals surface area (Å²) in [7, 11) is 1.92. The van der Waals surface area contributed by atoms with Gasteiger partial charge in [0.2, 0.25) is 5.91 Å². The molecule has 2 N–H and O–H groups in total. The molecular weight excluding hydrogens is 365 g/mol. The first-order valence-corrected chi connectivity index (χ1v) is 9.34. The largest absolute Gasteiger partial charge is 0.339 e. The molecule has 7 heteroatoms. The van der Waals surface area contributed by atoms with Crippen LogP contribution in [0.15, 0.2) is 6.20 Å². The summed E-state index contributed by atoms with van der Waals surface area (Å²) < 4.78 is 0. The molecule has 2 atom stereocenters. The molecule has 1 aromatic heterocycles. The second kappa shape index (κ2) is 9.37. The van der Waals surface area contributed by atoms with Crippen molar-refractivity contribution in [1.82, 2.24) is 9.88 Å². The zero-order chi connectivity index (χ0) is 15.7. The van der Waals surface area contributed by atoms with E-state index >= 15 is 0 Å². The molecule has 0 spiro atoms. The lowest BCUT2D eigenvalue weighted by molar-refractivity contribution is -0.137. The van der Waals surface area contributed by atoms with Crippen molar-refractivity contribution >= 4 is 42.1 Å². The van der Waals surface area contributed by atoms with E-state index in [9.17, 15) is 4.79 Å². The van der Waals surface area contributed by atoms with Gasteiger partial charge in [-0.3, -0.25) is 4.79 Å². The standard InChI is InChI=1S/C17H27N3OS.2ClH/c1-3-14-9-19-15(22-14)10-20(2)17(21)13-7-11-5-4-6-12(8-13)16(11)18;;/h9,11-13,16H,3-8,10,18H2,1-2H3;2*1H. The molecule has 2 aliphatic rings. The third-order valence-corrected chi connectivity index (χ3v) is 6.59. The Morgan fingerprint density at radius 1 is 1.33 bits per heavy atom. The van der Waals surface area contributed by atoms with Crippen LogP contribution in [-0.4, -0.2) is 28.9 Å². The number of halogens is 2. The summed E-state index contributed by atoms with van der Waals surface area (Å²) in [5.41, 5.74) is 6.33. The molecule has 0 saturated heterocycles. The number of fused-ring (bicyclic) bond motifs is 2. The van der Waals surface area contributed by atoms with E-state index in [1.807, 2.05) is 18.1 Å². The predicted octanol–water partition coefficient (Wildman–Crippen LogP) is 3.66. The molecule has 2 saturated carbocycles. The van der Waals surface area contributed by atoms with E-state index in [2.05, 4.69) is 11.9 Å². The second-order valence-electron chi connectivity index (χ2n) is 6.96. The average Bonchev–Trinajstić information content (AvgIpc) is 2.94. The van der Waals surface area contributed by atoms with Gasteiger partial charge >= 0.3 is 0 Å². The Bertz CT molecular complexity index is 526. The van der Waals surface area contributed by atoms with Gasteiger partial charge in [0.1, 0.15) is 5.01 Å². The van der Waals surface area contributed by atoms with Crippen molar-refractivity contribution < 1.29 is 4.79 Å². The third-order valence-electron chi connectivity index (χ3n) is 5.46. The Balaban J connectivity index is 0.00000144. The molecule has 3 rings (SSSR count). The van der Waals surface area contributed by atoms with Gasteiger partial charge in [-0.15, -0.1) is 36.2 Å². The van der Waals surface area contributed by atoms with Crippen LogP contribution in [0.2, 0.25) is 0 Å². The smallest absolute Gasteiger partial charge is 0.225 e. The normalized spacial score (nSPS) is 28.5.